The maximum atomic E-state index is 4.66. The molecule has 0 spiro atoms. The van der Waals surface area contributed by atoms with Crippen molar-refractivity contribution in [2.45, 2.75) is 18.3 Å². The Morgan fingerprint density at radius 2 is 1.90 bits per heavy atom. The molecule has 2 nitrogen and oxygen atoms in total. The minimum atomic E-state index is 0.459. The fourth-order valence-electron chi connectivity index (χ4n) is 2.93. The van der Waals surface area contributed by atoms with Crippen LogP contribution in [0.3, 0.4) is 0 Å². The number of piperidine rings is 1. The summed E-state index contributed by atoms with van der Waals surface area (Å²) in [7, 11) is 0. The van der Waals surface area contributed by atoms with Gasteiger partial charge in [0.05, 0.1) is 5.69 Å². The average molecular weight is 396 g/mol. The molecule has 4 heteroatoms. The van der Waals surface area contributed by atoms with Crippen molar-refractivity contribution in [2.75, 3.05) is 13.1 Å². The second kappa shape index (κ2) is 6.37. The van der Waals surface area contributed by atoms with Crippen molar-refractivity contribution in [1.29, 1.82) is 0 Å². The molecule has 3 rings (SSSR count). The molecule has 0 amide bonds. The molecule has 0 bridgehead atoms. The first-order valence-corrected chi connectivity index (χ1v) is 8.41. The van der Waals surface area contributed by atoms with Crippen LogP contribution in [0.4, 0.5) is 0 Å². The molecule has 2 atom stereocenters. The Hall–Kier alpha value is -0.710. The number of nitrogens with zero attached hydrogens (tertiary/aromatic N) is 1. The number of halogens is 2. The van der Waals surface area contributed by atoms with Gasteiger partial charge in [0.1, 0.15) is 0 Å². The topological polar surface area (TPSA) is 24.9 Å². The van der Waals surface area contributed by atoms with Crippen LogP contribution >= 0.6 is 31.9 Å². The minimum absolute atomic E-state index is 0.459. The molecule has 1 saturated heterocycles. The van der Waals surface area contributed by atoms with E-state index in [1.54, 1.807) is 0 Å². The Kier molecular flexibility index (Phi) is 4.54. The van der Waals surface area contributed by atoms with Gasteiger partial charge in [-0.1, -0.05) is 30.3 Å². The van der Waals surface area contributed by atoms with Crippen LogP contribution in [-0.4, -0.2) is 18.1 Å². The van der Waals surface area contributed by atoms with E-state index in [2.05, 4.69) is 78.6 Å². The number of benzene rings is 1. The van der Waals surface area contributed by atoms with E-state index in [1.807, 2.05) is 6.20 Å². The number of aromatic nitrogens is 1. The molecule has 1 aliphatic rings. The van der Waals surface area contributed by atoms with Gasteiger partial charge in [-0.25, -0.2) is 0 Å². The lowest BCUT2D eigenvalue weighted by atomic mass is 9.79. The Bertz CT molecular complexity index is 586. The summed E-state index contributed by atoms with van der Waals surface area (Å²) in [4.78, 5) is 4.66. The summed E-state index contributed by atoms with van der Waals surface area (Å²) < 4.78 is 2.11. The largest absolute Gasteiger partial charge is 0.316 e. The highest BCUT2D eigenvalue weighted by Crippen LogP contribution is 2.39. The normalized spacial score (nSPS) is 22.7. The molecular weight excluding hydrogens is 380 g/mol. The molecular formula is C16H16Br2N2. The second-order valence-electron chi connectivity index (χ2n) is 5.14. The zero-order valence-electron chi connectivity index (χ0n) is 11.0. The molecule has 20 heavy (non-hydrogen) atoms. The van der Waals surface area contributed by atoms with E-state index >= 15 is 0 Å². The highest BCUT2D eigenvalue weighted by molar-refractivity contribution is 9.11. The molecule has 104 valence electrons. The van der Waals surface area contributed by atoms with E-state index in [-0.39, 0.29) is 0 Å². The summed E-state index contributed by atoms with van der Waals surface area (Å²) in [5.41, 5.74) is 2.56. The third kappa shape index (κ3) is 2.97. The van der Waals surface area contributed by atoms with E-state index in [0.29, 0.717) is 11.8 Å². The molecule has 1 aliphatic heterocycles. The van der Waals surface area contributed by atoms with E-state index in [9.17, 15) is 0 Å². The van der Waals surface area contributed by atoms with Crippen molar-refractivity contribution in [3.8, 4) is 0 Å². The Morgan fingerprint density at radius 3 is 2.65 bits per heavy atom. The quantitative estimate of drug-likeness (QED) is 0.811. The first-order chi connectivity index (χ1) is 9.75. The lowest BCUT2D eigenvalue weighted by Gasteiger charge is -2.32. The molecule has 1 fully saturated rings. The number of rotatable bonds is 2. The second-order valence-corrected chi connectivity index (χ2v) is 6.91. The molecule has 0 radical (unpaired) electrons. The maximum absolute atomic E-state index is 4.66. The summed E-state index contributed by atoms with van der Waals surface area (Å²) in [5, 5.41) is 3.51. The Morgan fingerprint density at radius 1 is 1.10 bits per heavy atom. The van der Waals surface area contributed by atoms with Crippen molar-refractivity contribution >= 4 is 31.9 Å². The predicted octanol–water partition coefficient (Wildman–Crippen LogP) is 4.47. The predicted molar refractivity (Wildman–Crippen MR) is 89.0 cm³/mol. The number of pyridine rings is 1. The van der Waals surface area contributed by atoms with E-state index in [1.165, 1.54) is 11.3 Å². The van der Waals surface area contributed by atoms with Gasteiger partial charge >= 0.3 is 0 Å². The molecule has 2 aromatic rings. The lowest BCUT2D eigenvalue weighted by molar-refractivity contribution is 0.397. The highest BCUT2D eigenvalue weighted by atomic mass is 79.9. The van der Waals surface area contributed by atoms with Gasteiger partial charge in [-0.2, -0.15) is 0 Å². The van der Waals surface area contributed by atoms with Gasteiger partial charge in [-0.05, 0) is 56.5 Å². The third-order valence-electron chi connectivity index (χ3n) is 3.90. The Balaban J connectivity index is 1.97. The molecule has 2 heterocycles. The first-order valence-electron chi connectivity index (χ1n) is 6.82. The molecule has 1 N–H and O–H groups in total. The van der Waals surface area contributed by atoms with Crippen molar-refractivity contribution in [2.24, 2.45) is 0 Å². The molecule has 1 aromatic carbocycles. The monoisotopic (exact) mass is 394 g/mol. The van der Waals surface area contributed by atoms with Gasteiger partial charge in [0.15, 0.2) is 0 Å². The zero-order chi connectivity index (χ0) is 13.9. The van der Waals surface area contributed by atoms with Gasteiger partial charge in [0, 0.05) is 33.5 Å². The molecule has 0 saturated carbocycles. The summed E-state index contributed by atoms with van der Waals surface area (Å²) in [6, 6.07) is 12.8. The number of hydrogen-bond donors (Lipinski definition) is 1. The molecule has 1 aromatic heterocycles. The van der Waals surface area contributed by atoms with E-state index < -0.39 is 0 Å². The van der Waals surface area contributed by atoms with Gasteiger partial charge in [-0.3, -0.25) is 4.98 Å². The SMILES string of the molecule is Brc1cnc(C2CCNCC2c2ccccc2)c(Br)c1. The van der Waals surface area contributed by atoms with Crippen LogP contribution in [0, 0.1) is 0 Å². The van der Waals surface area contributed by atoms with Crippen LogP contribution in [0.2, 0.25) is 0 Å². The highest BCUT2D eigenvalue weighted by Gasteiger charge is 2.29. The zero-order valence-corrected chi connectivity index (χ0v) is 14.2. The van der Waals surface area contributed by atoms with Gasteiger partial charge in [0.25, 0.3) is 0 Å². The van der Waals surface area contributed by atoms with Crippen LogP contribution in [0.5, 0.6) is 0 Å². The van der Waals surface area contributed by atoms with E-state index in [4.69, 9.17) is 0 Å². The number of hydrogen-bond acceptors (Lipinski definition) is 2. The Labute approximate surface area is 136 Å². The molecule has 2 unspecified atom stereocenters. The van der Waals surface area contributed by atoms with Crippen molar-refractivity contribution in [1.82, 2.24) is 10.3 Å². The third-order valence-corrected chi connectivity index (χ3v) is 4.97. The average Bonchev–Trinajstić information content (AvgIpc) is 2.48. The van der Waals surface area contributed by atoms with Crippen molar-refractivity contribution in [3.05, 3.63) is 62.8 Å². The molecule has 0 aliphatic carbocycles. The van der Waals surface area contributed by atoms with Gasteiger partial charge in [0.2, 0.25) is 0 Å². The minimum Gasteiger partial charge on any atom is -0.316 e. The fourth-order valence-corrected chi connectivity index (χ4v) is 4.22. The summed E-state index contributed by atoms with van der Waals surface area (Å²) in [5.74, 6) is 0.941. The maximum Gasteiger partial charge on any atom is 0.0584 e. The first kappa shape index (κ1) is 14.2. The van der Waals surface area contributed by atoms with Crippen LogP contribution < -0.4 is 5.32 Å². The fraction of sp³-hybridized carbons (Fsp3) is 0.312. The summed E-state index contributed by atoms with van der Waals surface area (Å²) in [6.45, 7) is 2.07. The summed E-state index contributed by atoms with van der Waals surface area (Å²) >= 11 is 7.15. The number of nitrogens with one attached hydrogen (secondary N) is 1. The van der Waals surface area contributed by atoms with Crippen LogP contribution in [0.15, 0.2) is 51.5 Å². The van der Waals surface area contributed by atoms with Gasteiger partial charge < -0.3 is 5.32 Å². The smallest absolute Gasteiger partial charge is 0.0584 e. The standard InChI is InChI=1S/C16H16Br2N2/c17-12-8-15(18)16(20-9-12)13-6-7-19-10-14(13)11-4-2-1-3-5-11/h1-5,8-9,13-14,19H,6-7,10H2. The van der Waals surface area contributed by atoms with Crippen molar-refractivity contribution in [3.63, 3.8) is 0 Å². The lowest BCUT2D eigenvalue weighted by Crippen LogP contribution is -2.34. The van der Waals surface area contributed by atoms with Gasteiger partial charge in [-0.15, -0.1) is 0 Å². The van der Waals surface area contributed by atoms with Crippen LogP contribution in [0.1, 0.15) is 29.5 Å². The van der Waals surface area contributed by atoms with Crippen molar-refractivity contribution < 1.29 is 0 Å². The summed E-state index contributed by atoms with van der Waals surface area (Å²) in [6.07, 6.45) is 3.01. The van der Waals surface area contributed by atoms with Crippen LogP contribution in [-0.2, 0) is 0 Å². The van der Waals surface area contributed by atoms with E-state index in [0.717, 1.165) is 28.5 Å². The van der Waals surface area contributed by atoms with Crippen LogP contribution in [0.25, 0.3) is 0 Å².